The highest BCUT2D eigenvalue weighted by Gasteiger charge is 2.28. The SMILES string of the molecule is CNC(=O)CC(c1ccc(C)c(C)c1)C(C)(C)C. The van der Waals surface area contributed by atoms with Crippen LogP contribution >= 0.6 is 0 Å². The van der Waals surface area contributed by atoms with E-state index in [0.717, 1.165) is 0 Å². The van der Waals surface area contributed by atoms with Gasteiger partial charge in [-0.3, -0.25) is 4.79 Å². The zero-order valence-electron chi connectivity index (χ0n) is 12.4. The van der Waals surface area contributed by atoms with Crippen LogP contribution in [0.1, 0.15) is 49.8 Å². The van der Waals surface area contributed by atoms with E-state index in [-0.39, 0.29) is 17.2 Å². The Balaban J connectivity index is 3.10. The topological polar surface area (TPSA) is 29.1 Å². The molecule has 0 heterocycles. The molecular formula is C16H25NO. The Morgan fingerprint density at radius 1 is 1.22 bits per heavy atom. The van der Waals surface area contributed by atoms with Crippen LogP contribution in [0.3, 0.4) is 0 Å². The van der Waals surface area contributed by atoms with Crippen molar-refractivity contribution in [3.05, 3.63) is 34.9 Å². The van der Waals surface area contributed by atoms with Gasteiger partial charge >= 0.3 is 0 Å². The Labute approximate surface area is 111 Å². The van der Waals surface area contributed by atoms with Gasteiger partial charge in [0.05, 0.1) is 0 Å². The van der Waals surface area contributed by atoms with Crippen molar-refractivity contribution in [2.45, 2.75) is 47.0 Å². The van der Waals surface area contributed by atoms with E-state index in [1.807, 2.05) is 0 Å². The molecule has 0 saturated carbocycles. The third-order valence-corrected chi connectivity index (χ3v) is 3.65. The van der Waals surface area contributed by atoms with Crippen LogP contribution in [0.2, 0.25) is 0 Å². The molecule has 1 atom stereocenters. The van der Waals surface area contributed by atoms with Gasteiger partial charge in [-0.15, -0.1) is 0 Å². The van der Waals surface area contributed by atoms with Gasteiger partial charge in [0, 0.05) is 13.5 Å². The standard InChI is InChI=1S/C16H25NO/c1-11-7-8-13(9-12(11)2)14(16(3,4)5)10-15(18)17-6/h7-9,14H,10H2,1-6H3,(H,17,18). The monoisotopic (exact) mass is 247 g/mol. The van der Waals surface area contributed by atoms with Gasteiger partial charge in [0.25, 0.3) is 0 Å². The summed E-state index contributed by atoms with van der Waals surface area (Å²) in [5, 5.41) is 2.72. The first-order chi connectivity index (χ1) is 8.25. The lowest BCUT2D eigenvalue weighted by molar-refractivity contribution is -0.121. The summed E-state index contributed by atoms with van der Waals surface area (Å²) in [4.78, 5) is 11.7. The average molecular weight is 247 g/mol. The molecule has 0 aliphatic carbocycles. The Kier molecular flexibility index (Phi) is 4.55. The maximum Gasteiger partial charge on any atom is 0.220 e. The number of amides is 1. The average Bonchev–Trinajstić information content (AvgIpc) is 2.28. The fourth-order valence-electron chi connectivity index (χ4n) is 2.19. The number of hydrogen-bond donors (Lipinski definition) is 1. The van der Waals surface area contributed by atoms with E-state index in [9.17, 15) is 4.79 Å². The Bertz CT molecular complexity index is 429. The normalized spacial score (nSPS) is 13.2. The second-order valence-electron chi connectivity index (χ2n) is 6.14. The van der Waals surface area contributed by atoms with Gasteiger partial charge < -0.3 is 5.32 Å². The Hall–Kier alpha value is -1.31. The van der Waals surface area contributed by atoms with Gasteiger partial charge in [0.2, 0.25) is 5.91 Å². The number of nitrogens with one attached hydrogen (secondary N) is 1. The van der Waals surface area contributed by atoms with E-state index >= 15 is 0 Å². The van der Waals surface area contributed by atoms with E-state index in [0.29, 0.717) is 6.42 Å². The van der Waals surface area contributed by atoms with Crippen molar-refractivity contribution in [3.8, 4) is 0 Å². The zero-order chi connectivity index (χ0) is 13.9. The first-order valence-corrected chi connectivity index (χ1v) is 6.53. The summed E-state index contributed by atoms with van der Waals surface area (Å²) >= 11 is 0. The van der Waals surface area contributed by atoms with Gasteiger partial charge in [0.15, 0.2) is 0 Å². The minimum atomic E-state index is 0.0776. The van der Waals surface area contributed by atoms with E-state index < -0.39 is 0 Å². The molecule has 1 rings (SSSR count). The molecule has 0 saturated heterocycles. The second-order valence-corrected chi connectivity index (χ2v) is 6.14. The first kappa shape index (κ1) is 14.7. The van der Waals surface area contributed by atoms with E-state index in [1.165, 1.54) is 16.7 Å². The van der Waals surface area contributed by atoms with Crippen molar-refractivity contribution < 1.29 is 4.79 Å². The van der Waals surface area contributed by atoms with Crippen LogP contribution in [0.25, 0.3) is 0 Å². The lowest BCUT2D eigenvalue weighted by atomic mass is 9.74. The summed E-state index contributed by atoms with van der Waals surface area (Å²) in [6.07, 6.45) is 0.544. The molecule has 0 aliphatic rings. The van der Waals surface area contributed by atoms with Crippen molar-refractivity contribution in [1.82, 2.24) is 5.32 Å². The Morgan fingerprint density at radius 2 is 1.83 bits per heavy atom. The molecule has 1 aromatic rings. The molecule has 1 unspecified atom stereocenters. The third-order valence-electron chi connectivity index (χ3n) is 3.65. The van der Waals surface area contributed by atoms with E-state index in [1.54, 1.807) is 7.05 Å². The smallest absolute Gasteiger partial charge is 0.220 e. The highest BCUT2D eigenvalue weighted by Crippen LogP contribution is 2.38. The lowest BCUT2D eigenvalue weighted by Crippen LogP contribution is -2.27. The predicted octanol–water partition coefficient (Wildman–Crippen LogP) is 3.57. The summed E-state index contributed by atoms with van der Waals surface area (Å²) in [6, 6.07) is 6.52. The molecule has 0 aromatic heterocycles. The van der Waals surface area contributed by atoms with Crippen LogP contribution in [0, 0.1) is 19.3 Å². The molecule has 2 nitrogen and oxygen atoms in total. The number of aryl methyl sites for hydroxylation is 2. The number of hydrogen-bond acceptors (Lipinski definition) is 1. The Morgan fingerprint density at radius 3 is 2.28 bits per heavy atom. The van der Waals surface area contributed by atoms with Gasteiger partial charge in [-0.25, -0.2) is 0 Å². The molecule has 18 heavy (non-hydrogen) atoms. The maximum absolute atomic E-state index is 11.7. The molecule has 0 spiro atoms. The van der Waals surface area contributed by atoms with Crippen LogP contribution < -0.4 is 5.32 Å². The molecular weight excluding hydrogens is 222 g/mol. The number of rotatable bonds is 3. The molecule has 0 aliphatic heterocycles. The minimum Gasteiger partial charge on any atom is -0.359 e. The molecule has 2 heteroatoms. The van der Waals surface area contributed by atoms with Crippen molar-refractivity contribution in [3.63, 3.8) is 0 Å². The predicted molar refractivity (Wildman–Crippen MR) is 76.8 cm³/mol. The fourth-order valence-corrected chi connectivity index (χ4v) is 2.19. The molecule has 1 amide bonds. The molecule has 0 fully saturated rings. The largest absolute Gasteiger partial charge is 0.359 e. The summed E-state index contributed by atoms with van der Waals surface area (Å²) in [7, 11) is 1.70. The first-order valence-electron chi connectivity index (χ1n) is 6.53. The fraction of sp³-hybridized carbons (Fsp3) is 0.562. The molecule has 1 N–H and O–H groups in total. The maximum atomic E-state index is 11.7. The number of carbonyl (C=O) groups is 1. The highest BCUT2D eigenvalue weighted by molar-refractivity contribution is 5.76. The number of carbonyl (C=O) groups excluding carboxylic acids is 1. The van der Waals surface area contributed by atoms with E-state index in [4.69, 9.17) is 0 Å². The summed E-state index contributed by atoms with van der Waals surface area (Å²) in [5.74, 6) is 0.352. The highest BCUT2D eigenvalue weighted by atomic mass is 16.1. The minimum absolute atomic E-state index is 0.0776. The molecule has 100 valence electrons. The summed E-state index contributed by atoms with van der Waals surface area (Å²) < 4.78 is 0. The van der Waals surface area contributed by atoms with Crippen molar-refractivity contribution >= 4 is 5.91 Å². The lowest BCUT2D eigenvalue weighted by Gasteiger charge is -2.31. The molecule has 0 radical (unpaired) electrons. The van der Waals surface area contributed by atoms with Gasteiger partial charge in [-0.05, 0) is 41.9 Å². The van der Waals surface area contributed by atoms with Crippen LogP contribution in [0.4, 0.5) is 0 Å². The van der Waals surface area contributed by atoms with Crippen molar-refractivity contribution in [2.75, 3.05) is 7.05 Å². The second kappa shape index (κ2) is 5.55. The van der Waals surface area contributed by atoms with Crippen molar-refractivity contribution in [1.29, 1.82) is 0 Å². The third kappa shape index (κ3) is 3.59. The number of benzene rings is 1. The zero-order valence-corrected chi connectivity index (χ0v) is 12.4. The van der Waals surface area contributed by atoms with Gasteiger partial charge in [-0.1, -0.05) is 39.0 Å². The summed E-state index contributed by atoms with van der Waals surface area (Å²) in [5.41, 5.74) is 3.92. The van der Waals surface area contributed by atoms with Crippen molar-refractivity contribution in [2.24, 2.45) is 5.41 Å². The summed E-state index contributed by atoms with van der Waals surface area (Å²) in [6.45, 7) is 10.8. The molecule has 1 aromatic carbocycles. The van der Waals surface area contributed by atoms with Crippen LogP contribution in [0.15, 0.2) is 18.2 Å². The van der Waals surface area contributed by atoms with Crippen LogP contribution in [0.5, 0.6) is 0 Å². The molecule has 0 bridgehead atoms. The van der Waals surface area contributed by atoms with Gasteiger partial charge in [-0.2, -0.15) is 0 Å². The van der Waals surface area contributed by atoms with Crippen LogP contribution in [-0.4, -0.2) is 13.0 Å². The van der Waals surface area contributed by atoms with Crippen LogP contribution in [-0.2, 0) is 4.79 Å². The van der Waals surface area contributed by atoms with E-state index in [2.05, 4.69) is 58.1 Å². The quantitative estimate of drug-likeness (QED) is 0.869. The van der Waals surface area contributed by atoms with Gasteiger partial charge in [0.1, 0.15) is 0 Å².